The Hall–Kier alpha value is -3.17. The third-order valence-electron chi connectivity index (χ3n) is 5.88. The summed E-state index contributed by atoms with van der Waals surface area (Å²) in [7, 11) is 0. The fourth-order valence-electron chi connectivity index (χ4n) is 4.51. The van der Waals surface area contributed by atoms with Gasteiger partial charge in [0.2, 0.25) is 11.0 Å². The minimum atomic E-state index is 0.795. The molecular weight excluding hydrogens is 354 g/mol. The number of para-hydroxylation sites is 2. The molecule has 5 rings (SSSR count). The van der Waals surface area contributed by atoms with Crippen LogP contribution < -0.4 is 14.8 Å². The first-order valence-corrected chi connectivity index (χ1v) is 10.4. The molecule has 3 heteroatoms. The number of piperazine rings is 1. The van der Waals surface area contributed by atoms with Crippen LogP contribution in [0.2, 0.25) is 0 Å². The summed E-state index contributed by atoms with van der Waals surface area (Å²) in [5, 5.41) is 5.99. The van der Waals surface area contributed by atoms with Gasteiger partial charge in [-0.05, 0) is 35.9 Å². The molecule has 1 N–H and O–H groups in total. The van der Waals surface area contributed by atoms with Gasteiger partial charge < -0.3 is 10.2 Å². The summed E-state index contributed by atoms with van der Waals surface area (Å²) in [5.41, 5.74) is 6.37. The fourth-order valence-corrected chi connectivity index (χ4v) is 4.51. The molecule has 0 atom stereocenters. The van der Waals surface area contributed by atoms with Crippen molar-refractivity contribution in [3.63, 3.8) is 0 Å². The van der Waals surface area contributed by atoms with Gasteiger partial charge in [0, 0.05) is 49.6 Å². The Morgan fingerprint density at radius 1 is 0.828 bits per heavy atom. The molecule has 1 fully saturated rings. The van der Waals surface area contributed by atoms with E-state index < -0.39 is 0 Å². The Bertz CT molecular complexity index is 1110. The molecule has 3 aromatic carbocycles. The highest BCUT2D eigenvalue weighted by molar-refractivity contribution is 6.07. The number of benzene rings is 3. The van der Waals surface area contributed by atoms with Crippen LogP contribution in [0.5, 0.6) is 0 Å². The molecule has 0 aliphatic carbocycles. The minimum absolute atomic E-state index is 0.795. The van der Waals surface area contributed by atoms with Gasteiger partial charge >= 0.3 is 0 Å². The summed E-state index contributed by atoms with van der Waals surface area (Å²) >= 11 is 0. The van der Waals surface area contributed by atoms with Gasteiger partial charge in [-0.1, -0.05) is 43.0 Å². The van der Waals surface area contributed by atoms with Crippen molar-refractivity contribution >= 4 is 27.5 Å². The van der Waals surface area contributed by atoms with E-state index in [-0.39, 0.29) is 0 Å². The van der Waals surface area contributed by atoms with Gasteiger partial charge in [-0.3, -0.25) is 0 Å². The lowest BCUT2D eigenvalue weighted by Crippen LogP contribution is -2.43. The van der Waals surface area contributed by atoms with Gasteiger partial charge in [-0.25, -0.2) is 0 Å². The molecule has 29 heavy (non-hydrogen) atoms. The quantitative estimate of drug-likeness (QED) is 0.318. The molecule has 0 bridgehead atoms. The molecule has 0 amide bonds. The molecule has 3 nitrogen and oxygen atoms in total. The molecule has 0 spiro atoms. The zero-order valence-electron chi connectivity index (χ0n) is 16.6. The largest absolute Gasteiger partial charge is 0.369 e. The number of fused-ring (bicyclic) bond motifs is 2. The van der Waals surface area contributed by atoms with Crippen LogP contribution in [0.15, 0.2) is 85.5 Å². The lowest BCUT2D eigenvalue weighted by Gasteiger charge is -2.29. The molecule has 1 aliphatic rings. The number of hydrogen-bond acceptors (Lipinski definition) is 2. The zero-order valence-corrected chi connectivity index (χ0v) is 16.6. The molecule has 1 aromatic heterocycles. The maximum absolute atomic E-state index is 3.97. The van der Waals surface area contributed by atoms with Crippen molar-refractivity contribution in [2.24, 2.45) is 0 Å². The SMILES string of the molecule is C=CC[n+]1c2ccccc2c(-c2ccc(N3CCNCC3)cc2)c2ccccc21. The predicted molar refractivity (Wildman–Crippen MR) is 122 cm³/mol. The maximum Gasteiger partial charge on any atom is 0.213 e. The van der Waals surface area contributed by atoms with Gasteiger partial charge in [0.1, 0.15) is 0 Å². The first-order chi connectivity index (χ1) is 14.4. The van der Waals surface area contributed by atoms with Gasteiger partial charge in [0.05, 0.1) is 10.8 Å². The van der Waals surface area contributed by atoms with Crippen LogP contribution in [-0.2, 0) is 6.54 Å². The maximum atomic E-state index is 3.97. The molecule has 0 saturated carbocycles. The first-order valence-electron chi connectivity index (χ1n) is 10.4. The molecule has 1 saturated heterocycles. The highest BCUT2D eigenvalue weighted by atomic mass is 15.2. The Labute approximate surface area is 171 Å². The molecule has 2 heterocycles. The summed E-state index contributed by atoms with van der Waals surface area (Å²) in [6.45, 7) is 9.01. The van der Waals surface area contributed by atoms with Crippen molar-refractivity contribution < 1.29 is 4.57 Å². The molecule has 0 radical (unpaired) electrons. The number of hydrogen-bond donors (Lipinski definition) is 1. The Morgan fingerprint density at radius 3 is 2.00 bits per heavy atom. The van der Waals surface area contributed by atoms with Crippen molar-refractivity contribution in [3.05, 3.63) is 85.5 Å². The molecule has 1 aliphatic heterocycles. The van der Waals surface area contributed by atoms with Gasteiger partial charge in [-0.2, -0.15) is 4.57 Å². The van der Waals surface area contributed by atoms with E-state index in [9.17, 15) is 0 Å². The van der Waals surface area contributed by atoms with Crippen LogP contribution >= 0.6 is 0 Å². The number of allylic oxidation sites excluding steroid dienone is 1. The van der Waals surface area contributed by atoms with E-state index in [2.05, 4.69) is 94.2 Å². The minimum Gasteiger partial charge on any atom is -0.369 e. The van der Waals surface area contributed by atoms with E-state index >= 15 is 0 Å². The normalized spacial score (nSPS) is 14.4. The van der Waals surface area contributed by atoms with Crippen LogP contribution in [0.25, 0.3) is 32.9 Å². The van der Waals surface area contributed by atoms with Crippen LogP contribution in [0.3, 0.4) is 0 Å². The van der Waals surface area contributed by atoms with Crippen molar-refractivity contribution in [3.8, 4) is 11.1 Å². The number of aromatic nitrogens is 1. The molecule has 4 aromatic rings. The van der Waals surface area contributed by atoms with Crippen molar-refractivity contribution in [1.29, 1.82) is 0 Å². The molecule has 0 unspecified atom stereocenters. The van der Waals surface area contributed by atoms with Crippen molar-refractivity contribution in [2.45, 2.75) is 6.54 Å². The number of nitrogens with zero attached hydrogens (tertiary/aromatic N) is 2. The predicted octanol–water partition coefficient (Wildman–Crippen LogP) is 4.54. The van der Waals surface area contributed by atoms with E-state index in [1.807, 2.05) is 6.08 Å². The van der Waals surface area contributed by atoms with Crippen LogP contribution in [0.1, 0.15) is 0 Å². The third kappa shape index (κ3) is 3.18. The van der Waals surface area contributed by atoms with E-state index in [0.29, 0.717) is 0 Å². The summed E-state index contributed by atoms with van der Waals surface area (Å²) in [6, 6.07) is 26.5. The summed E-state index contributed by atoms with van der Waals surface area (Å²) in [4.78, 5) is 2.46. The van der Waals surface area contributed by atoms with Gasteiger partial charge in [0.25, 0.3) is 0 Å². The third-order valence-corrected chi connectivity index (χ3v) is 5.88. The lowest BCUT2D eigenvalue weighted by atomic mass is 9.95. The molecule has 144 valence electrons. The van der Waals surface area contributed by atoms with Crippen molar-refractivity contribution in [2.75, 3.05) is 31.1 Å². The topological polar surface area (TPSA) is 19.1 Å². The lowest BCUT2D eigenvalue weighted by molar-refractivity contribution is -0.634. The Morgan fingerprint density at radius 2 is 1.41 bits per heavy atom. The van der Waals surface area contributed by atoms with E-state index in [4.69, 9.17) is 0 Å². The smallest absolute Gasteiger partial charge is 0.213 e. The number of pyridine rings is 1. The van der Waals surface area contributed by atoms with Crippen LogP contribution in [0, 0.1) is 0 Å². The second-order valence-electron chi connectivity index (χ2n) is 7.59. The zero-order chi connectivity index (χ0) is 19.6. The van der Waals surface area contributed by atoms with Gasteiger partial charge in [-0.15, -0.1) is 0 Å². The average molecular weight is 381 g/mol. The Kier molecular flexibility index (Phi) is 4.74. The highest BCUT2D eigenvalue weighted by Gasteiger charge is 2.20. The number of rotatable bonds is 4. The standard InChI is InChI=1S/C26H26N3/c1-2-17-29-24-9-5-3-7-22(24)26(23-8-4-6-10-25(23)29)20-11-13-21(14-12-20)28-18-15-27-16-19-28/h2-14,27H,1,15-19H2/q+1. The molecular formula is C26H26N3+. The van der Waals surface area contributed by atoms with E-state index in [1.54, 1.807) is 0 Å². The average Bonchev–Trinajstić information content (AvgIpc) is 2.80. The van der Waals surface area contributed by atoms with E-state index in [0.717, 1.165) is 32.7 Å². The Balaban J connectivity index is 1.71. The summed E-state index contributed by atoms with van der Waals surface area (Å²) in [6.07, 6.45) is 1.97. The van der Waals surface area contributed by atoms with Crippen molar-refractivity contribution in [1.82, 2.24) is 5.32 Å². The summed E-state index contributed by atoms with van der Waals surface area (Å²) < 4.78 is 2.36. The van der Waals surface area contributed by atoms with Crippen LogP contribution in [-0.4, -0.2) is 26.2 Å². The highest BCUT2D eigenvalue weighted by Crippen LogP contribution is 2.35. The summed E-state index contributed by atoms with van der Waals surface area (Å²) in [5.74, 6) is 0. The monoisotopic (exact) mass is 380 g/mol. The fraction of sp³-hybridized carbons (Fsp3) is 0.192. The second-order valence-corrected chi connectivity index (χ2v) is 7.59. The number of nitrogens with one attached hydrogen (secondary N) is 1. The second kappa shape index (κ2) is 7.69. The van der Waals surface area contributed by atoms with Crippen LogP contribution in [0.4, 0.5) is 5.69 Å². The number of anilines is 1. The van der Waals surface area contributed by atoms with E-state index in [1.165, 1.54) is 38.6 Å². The first kappa shape index (κ1) is 17.9. The van der Waals surface area contributed by atoms with Gasteiger partial charge in [0.15, 0.2) is 6.54 Å².